The highest BCUT2D eigenvalue weighted by Gasteiger charge is 2.18. The Balaban J connectivity index is 1.82. The van der Waals surface area contributed by atoms with E-state index in [0.29, 0.717) is 11.1 Å². The second-order valence-electron chi connectivity index (χ2n) is 4.89. The van der Waals surface area contributed by atoms with Crippen molar-refractivity contribution in [2.45, 2.75) is 32.2 Å². The number of halogens is 1. The molecule has 1 aliphatic rings. The monoisotopic (exact) mass is 273 g/mol. The van der Waals surface area contributed by atoms with Gasteiger partial charge in [0, 0.05) is 5.56 Å². The zero-order valence-electron chi connectivity index (χ0n) is 10.9. The Morgan fingerprint density at radius 1 is 1.16 bits per heavy atom. The average molecular weight is 274 g/mol. The minimum Gasteiger partial charge on any atom is -0.348 e. The van der Waals surface area contributed by atoms with Gasteiger partial charge in [-0.2, -0.15) is 0 Å². The first-order chi connectivity index (χ1) is 9.24. The lowest BCUT2D eigenvalue weighted by molar-refractivity contribution is 0.851. The van der Waals surface area contributed by atoms with Gasteiger partial charge >= 0.3 is 0 Å². The molecule has 2 aromatic rings. The lowest BCUT2D eigenvalue weighted by Crippen LogP contribution is -2.10. The number of fused-ring (bicyclic) bond motifs is 1. The third kappa shape index (κ3) is 2.56. The first kappa shape index (κ1) is 12.4. The Hall–Kier alpha value is -1.61. The molecule has 3 rings (SSSR count). The molecule has 0 amide bonds. The Bertz CT molecular complexity index is 583. The van der Waals surface area contributed by atoms with Crippen molar-refractivity contribution in [3.05, 3.63) is 52.3 Å². The van der Waals surface area contributed by atoms with Crippen LogP contribution in [0.5, 0.6) is 0 Å². The molecule has 1 aromatic carbocycles. The Labute approximate surface area is 118 Å². The van der Waals surface area contributed by atoms with Crippen LogP contribution in [0.25, 0.3) is 0 Å². The van der Waals surface area contributed by atoms with Crippen LogP contribution < -0.4 is 5.32 Å². The molecule has 0 spiro atoms. The summed E-state index contributed by atoms with van der Waals surface area (Å²) in [7, 11) is 0. The van der Waals surface area contributed by atoms with Crippen molar-refractivity contribution in [1.29, 1.82) is 0 Å². The number of benzene rings is 1. The lowest BCUT2D eigenvalue weighted by Gasteiger charge is -2.15. The quantitative estimate of drug-likeness (QED) is 0.865. The summed E-state index contributed by atoms with van der Waals surface area (Å²) in [5, 5.41) is 3.92. The average Bonchev–Trinajstić information content (AvgIpc) is 2.88. The van der Waals surface area contributed by atoms with Gasteiger partial charge in [-0.15, -0.1) is 0 Å². The second-order valence-corrected chi connectivity index (χ2v) is 5.25. The lowest BCUT2D eigenvalue weighted by atomic mass is 10.1. The number of hydrogen-bond donors (Lipinski definition) is 1. The van der Waals surface area contributed by atoms with Gasteiger partial charge in [-0.25, -0.2) is 9.97 Å². The van der Waals surface area contributed by atoms with E-state index in [2.05, 4.69) is 34.3 Å². The summed E-state index contributed by atoms with van der Waals surface area (Å²) in [4.78, 5) is 8.93. The third-order valence-corrected chi connectivity index (χ3v) is 3.84. The van der Waals surface area contributed by atoms with Crippen LogP contribution in [-0.2, 0) is 12.8 Å². The maximum absolute atomic E-state index is 6.21. The molecule has 1 heterocycles. The summed E-state index contributed by atoms with van der Waals surface area (Å²) in [6.45, 7) is 2.10. The number of nitrogens with zero attached hydrogens (tertiary/aromatic N) is 2. The van der Waals surface area contributed by atoms with Gasteiger partial charge in [-0.3, -0.25) is 0 Å². The highest BCUT2D eigenvalue weighted by molar-refractivity contribution is 6.30. The molecule has 0 fully saturated rings. The summed E-state index contributed by atoms with van der Waals surface area (Å²) in [6.07, 6.45) is 3.14. The van der Waals surface area contributed by atoms with Crippen molar-refractivity contribution in [3.63, 3.8) is 0 Å². The number of nitrogens with one attached hydrogen (secondary N) is 1. The highest BCUT2D eigenvalue weighted by atomic mass is 35.5. The van der Waals surface area contributed by atoms with Crippen LogP contribution in [0.2, 0.25) is 5.15 Å². The predicted octanol–water partition coefficient (Wildman–Crippen LogP) is 3.79. The normalized spacial score (nSPS) is 15.1. The highest BCUT2D eigenvalue weighted by Crippen LogP contribution is 2.28. The van der Waals surface area contributed by atoms with E-state index < -0.39 is 0 Å². The molecular formula is C15H16ClN3. The summed E-state index contributed by atoms with van der Waals surface area (Å²) >= 11 is 6.21. The van der Waals surface area contributed by atoms with Crippen LogP contribution in [0.15, 0.2) is 30.3 Å². The van der Waals surface area contributed by atoms with Gasteiger partial charge in [-0.1, -0.05) is 41.9 Å². The minimum absolute atomic E-state index is 0.164. The molecule has 0 radical (unpaired) electrons. The van der Waals surface area contributed by atoms with Crippen LogP contribution in [0.1, 0.15) is 36.2 Å². The minimum atomic E-state index is 0.164. The fourth-order valence-corrected chi connectivity index (χ4v) is 2.75. The summed E-state index contributed by atoms with van der Waals surface area (Å²) in [6, 6.07) is 10.4. The van der Waals surface area contributed by atoms with E-state index in [9.17, 15) is 0 Å². The molecule has 1 unspecified atom stereocenters. The second kappa shape index (κ2) is 5.17. The SMILES string of the molecule is CC(Nc1nc(Cl)c2c(n1)CCC2)c1ccccc1. The van der Waals surface area contributed by atoms with E-state index in [0.717, 1.165) is 30.5 Å². The van der Waals surface area contributed by atoms with E-state index in [1.807, 2.05) is 18.2 Å². The molecule has 98 valence electrons. The zero-order valence-corrected chi connectivity index (χ0v) is 11.6. The Kier molecular flexibility index (Phi) is 3.38. The van der Waals surface area contributed by atoms with Crippen LogP contribution in [0.3, 0.4) is 0 Å². The van der Waals surface area contributed by atoms with Gasteiger partial charge in [0.25, 0.3) is 0 Å². The van der Waals surface area contributed by atoms with Gasteiger partial charge in [-0.05, 0) is 31.7 Å². The first-order valence-electron chi connectivity index (χ1n) is 6.61. The smallest absolute Gasteiger partial charge is 0.224 e. The van der Waals surface area contributed by atoms with Crippen LogP contribution in [0, 0.1) is 0 Å². The van der Waals surface area contributed by atoms with Crippen molar-refractivity contribution in [2.75, 3.05) is 5.32 Å². The molecular weight excluding hydrogens is 258 g/mol. The summed E-state index contributed by atoms with van der Waals surface area (Å²) in [5.74, 6) is 0.627. The van der Waals surface area contributed by atoms with Crippen LogP contribution >= 0.6 is 11.6 Å². The number of hydrogen-bond acceptors (Lipinski definition) is 3. The fourth-order valence-electron chi connectivity index (χ4n) is 2.47. The van der Waals surface area contributed by atoms with E-state index in [-0.39, 0.29) is 6.04 Å². The molecule has 3 nitrogen and oxygen atoms in total. The van der Waals surface area contributed by atoms with Gasteiger partial charge in [0.2, 0.25) is 5.95 Å². The number of anilines is 1. The molecule has 0 saturated heterocycles. The number of aromatic nitrogens is 2. The molecule has 19 heavy (non-hydrogen) atoms. The van der Waals surface area contributed by atoms with Crippen LogP contribution in [0.4, 0.5) is 5.95 Å². The first-order valence-corrected chi connectivity index (χ1v) is 6.98. The maximum Gasteiger partial charge on any atom is 0.224 e. The number of aryl methyl sites for hydroxylation is 1. The van der Waals surface area contributed by atoms with Crippen molar-refractivity contribution in [2.24, 2.45) is 0 Å². The molecule has 0 aliphatic heterocycles. The van der Waals surface area contributed by atoms with Crippen molar-refractivity contribution >= 4 is 17.5 Å². The topological polar surface area (TPSA) is 37.8 Å². The Morgan fingerprint density at radius 2 is 1.95 bits per heavy atom. The summed E-state index contributed by atoms with van der Waals surface area (Å²) in [5.41, 5.74) is 3.44. The summed E-state index contributed by atoms with van der Waals surface area (Å²) < 4.78 is 0. The third-order valence-electron chi connectivity index (χ3n) is 3.53. The van der Waals surface area contributed by atoms with Crippen LogP contribution in [-0.4, -0.2) is 9.97 Å². The molecule has 0 bridgehead atoms. The zero-order chi connectivity index (χ0) is 13.2. The van der Waals surface area contributed by atoms with E-state index in [1.165, 1.54) is 5.56 Å². The molecule has 0 saturated carbocycles. The maximum atomic E-state index is 6.21. The van der Waals surface area contributed by atoms with Gasteiger partial charge < -0.3 is 5.32 Å². The molecule has 1 N–H and O–H groups in total. The van der Waals surface area contributed by atoms with Gasteiger partial charge in [0.15, 0.2) is 0 Å². The van der Waals surface area contributed by atoms with Crippen molar-refractivity contribution in [3.8, 4) is 0 Å². The Morgan fingerprint density at radius 3 is 2.74 bits per heavy atom. The van der Waals surface area contributed by atoms with E-state index in [4.69, 9.17) is 11.6 Å². The predicted molar refractivity (Wildman–Crippen MR) is 77.5 cm³/mol. The van der Waals surface area contributed by atoms with E-state index >= 15 is 0 Å². The molecule has 1 aliphatic carbocycles. The van der Waals surface area contributed by atoms with E-state index in [1.54, 1.807) is 0 Å². The molecule has 1 aromatic heterocycles. The largest absolute Gasteiger partial charge is 0.348 e. The molecule has 4 heteroatoms. The number of rotatable bonds is 3. The standard InChI is InChI=1S/C15H16ClN3/c1-10(11-6-3-2-4-7-11)17-15-18-13-9-5-8-12(13)14(16)19-15/h2-4,6-7,10H,5,8-9H2,1H3,(H,17,18,19). The van der Waals surface area contributed by atoms with Gasteiger partial charge in [0.1, 0.15) is 5.15 Å². The molecule has 1 atom stereocenters. The van der Waals surface area contributed by atoms with Gasteiger partial charge in [0.05, 0.1) is 11.7 Å². The van der Waals surface area contributed by atoms with Crippen molar-refractivity contribution < 1.29 is 0 Å². The fraction of sp³-hybridized carbons (Fsp3) is 0.333. The van der Waals surface area contributed by atoms with Crippen molar-refractivity contribution in [1.82, 2.24) is 9.97 Å².